The predicted octanol–water partition coefficient (Wildman–Crippen LogP) is 1.00. The minimum absolute atomic E-state index is 0.234. The fraction of sp³-hybridized carbons (Fsp3) is 0.125. The van der Waals surface area contributed by atoms with Crippen molar-refractivity contribution in [2.75, 3.05) is 0 Å². The number of nitrogens with two attached hydrogens (primary N) is 1. The Kier molecular flexibility index (Phi) is 3.11. The van der Waals surface area contributed by atoms with Crippen molar-refractivity contribution in [3.63, 3.8) is 0 Å². The third kappa shape index (κ3) is 3.00. The second-order valence-corrected chi connectivity index (χ2v) is 4.75. The van der Waals surface area contributed by atoms with Gasteiger partial charge in [0.2, 0.25) is 10.0 Å². The zero-order chi connectivity index (χ0) is 10.8. The molecule has 2 N–H and O–H groups in total. The van der Waals surface area contributed by atoms with Crippen molar-refractivity contribution in [3.8, 4) is 6.07 Å². The number of primary sulfonamides is 1. The first-order valence-electron chi connectivity index (χ1n) is 3.61. The highest BCUT2D eigenvalue weighted by molar-refractivity contribution is 7.88. The van der Waals surface area contributed by atoms with Crippen LogP contribution in [0.3, 0.4) is 0 Å². The summed E-state index contributed by atoms with van der Waals surface area (Å²) in [7, 11) is -3.59. The lowest BCUT2D eigenvalue weighted by atomic mass is 10.2. The molecule has 0 saturated heterocycles. The van der Waals surface area contributed by atoms with E-state index >= 15 is 0 Å². The van der Waals surface area contributed by atoms with Crippen LogP contribution in [-0.4, -0.2) is 8.42 Å². The van der Waals surface area contributed by atoms with E-state index in [4.69, 9.17) is 22.0 Å². The Morgan fingerprint density at radius 3 is 2.57 bits per heavy atom. The van der Waals surface area contributed by atoms with Gasteiger partial charge in [-0.2, -0.15) is 5.26 Å². The fourth-order valence-corrected chi connectivity index (χ4v) is 1.96. The van der Waals surface area contributed by atoms with Crippen molar-refractivity contribution < 1.29 is 8.42 Å². The Morgan fingerprint density at radius 2 is 2.14 bits per heavy atom. The molecule has 1 aromatic carbocycles. The first-order valence-corrected chi connectivity index (χ1v) is 5.71. The average molecular weight is 231 g/mol. The Hall–Kier alpha value is -1.09. The van der Waals surface area contributed by atoms with E-state index in [1.54, 1.807) is 0 Å². The van der Waals surface area contributed by atoms with E-state index in [1.807, 2.05) is 6.07 Å². The number of nitriles is 1. The molecule has 0 amide bonds. The predicted molar refractivity (Wildman–Crippen MR) is 53.0 cm³/mol. The van der Waals surface area contributed by atoms with Crippen molar-refractivity contribution in [3.05, 3.63) is 34.3 Å². The Bertz CT molecular complexity index is 491. The second kappa shape index (κ2) is 3.96. The van der Waals surface area contributed by atoms with Gasteiger partial charge in [0.05, 0.1) is 17.4 Å². The molecule has 0 aliphatic carbocycles. The molecule has 0 unspecified atom stereocenters. The first kappa shape index (κ1) is 11.0. The molecular formula is C8H7ClN2O2S. The van der Waals surface area contributed by atoms with E-state index in [2.05, 4.69) is 0 Å². The molecule has 0 bridgehead atoms. The highest BCUT2D eigenvalue weighted by Crippen LogP contribution is 2.18. The van der Waals surface area contributed by atoms with E-state index in [1.165, 1.54) is 18.2 Å². The molecular weight excluding hydrogens is 224 g/mol. The van der Waals surface area contributed by atoms with E-state index < -0.39 is 10.0 Å². The van der Waals surface area contributed by atoms with Crippen LogP contribution < -0.4 is 5.14 Å². The quantitative estimate of drug-likeness (QED) is 0.823. The van der Waals surface area contributed by atoms with Crippen LogP contribution >= 0.6 is 11.6 Å². The van der Waals surface area contributed by atoms with Crippen molar-refractivity contribution in [1.29, 1.82) is 5.26 Å². The maximum Gasteiger partial charge on any atom is 0.213 e. The highest BCUT2D eigenvalue weighted by atomic mass is 35.5. The molecule has 0 saturated carbocycles. The highest BCUT2D eigenvalue weighted by Gasteiger charge is 2.08. The minimum Gasteiger partial charge on any atom is -0.228 e. The fourth-order valence-electron chi connectivity index (χ4n) is 0.951. The number of halogens is 1. The van der Waals surface area contributed by atoms with Gasteiger partial charge >= 0.3 is 0 Å². The molecule has 0 aliphatic rings. The molecule has 0 heterocycles. The Balaban J connectivity index is 3.09. The van der Waals surface area contributed by atoms with Crippen molar-refractivity contribution in [1.82, 2.24) is 0 Å². The van der Waals surface area contributed by atoms with E-state index in [-0.39, 0.29) is 10.8 Å². The third-order valence-electron chi connectivity index (χ3n) is 1.54. The minimum atomic E-state index is -3.59. The van der Waals surface area contributed by atoms with Gasteiger partial charge in [-0.15, -0.1) is 0 Å². The van der Waals surface area contributed by atoms with Gasteiger partial charge in [0.1, 0.15) is 0 Å². The summed E-state index contributed by atoms with van der Waals surface area (Å²) in [5.41, 5.74) is 0.779. The second-order valence-electron chi connectivity index (χ2n) is 2.73. The summed E-state index contributed by atoms with van der Waals surface area (Å²) in [5.74, 6) is -0.322. The molecule has 74 valence electrons. The van der Waals surface area contributed by atoms with Crippen LogP contribution in [0.1, 0.15) is 11.1 Å². The molecule has 0 atom stereocenters. The number of sulfonamides is 1. The molecule has 0 fully saturated rings. The SMILES string of the molecule is N#Cc1ccc(CS(N)(=O)=O)c(Cl)c1. The van der Waals surface area contributed by atoms with Gasteiger partial charge in [0.15, 0.2) is 0 Å². The lowest BCUT2D eigenvalue weighted by Gasteiger charge is -2.02. The summed E-state index contributed by atoms with van der Waals surface area (Å²) in [6.07, 6.45) is 0. The summed E-state index contributed by atoms with van der Waals surface area (Å²) in [4.78, 5) is 0. The summed E-state index contributed by atoms with van der Waals surface area (Å²) in [6, 6.07) is 6.27. The summed E-state index contributed by atoms with van der Waals surface area (Å²) >= 11 is 5.74. The van der Waals surface area contributed by atoms with Crippen LogP contribution in [0.5, 0.6) is 0 Å². The van der Waals surface area contributed by atoms with Gasteiger partial charge in [-0.25, -0.2) is 13.6 Å². The largest absolute Gasteiger partial charge is 0.228 e. The zero-order valence-corrected chi connectivity index (χ0v) is 8.64. The van der Waals surface area contributed by atoms with Crippen LogP contribution in [0, 0.1) is 11.3 Å². The van der Waals surface area contributed by atoms with Gasteiger partial charge in [0.25, 0.3) is 0 Å². The lowest BCUT2D eigenvalue weighted by molar-refractivity contribution is 0.597. The first-order chi connectivity index (χ1) is 6.42. The molecule has 0 spiro atoms. The molecule has 0 aliphatic heterocycles. The smallest absolute Gasteiger partial charge is 0.213 e. The Labute approximate surface area is 87.0 Å². The van der Waals surface area contributed by atoms with Crippen molar-refractivity contribution in [2.24, 2.45) is 5.14 Å². The standard InChI is InChI=1S/C8H7ClN2O2S/c9-8-3-6(4-10)1-2-7(8)5-14(11,12)13/h1-3H,5H2,(H2,11,12,13). The van der Waals surface area contributed by atoms with E-state index in [0.717, 1.165) is 0 Å². The normalized spacial score (nSPS) is 10.9. The number of nitrogens with zero attached hydrogens (tertiary/aromatic N) is 1. The van der Waals surface area contributed by atoms with Gasteiger partial charge in [-0.3, -0.25) is 0 Å². The number of rotatable bonds is 2. The van der Waals surface area contributed by atoms with Crippen LogP contribution in [0.2, 0.25) is 5.02 Å². The maximum absolute atomic E-state index is 10.8. The van der Waals surface area contributed by atoms with Crippen LogP contribution in [0.4, 0.5) is 0 Å². The van der Waals surface area contributed by atoms with Crippen LogP contribution in [0.25, 0.3) is 0 Å². The summed E-state index contributed by atoms with van der Waals surface area (Å²) in [6.45, 7) is 0. The molecule has 4 nitrogen and oxygen atoms in total. The van der Waals surface area contributed by atoms with Gasteiger partial charge in [0, 0.05) is 5.02 Å². The number of hydrogen-bond acceptors (Lipinski definition) is 3. The number of benzene rings is 1. The molecule has 0 aromatic heterocycles. The van der Waals surface area contributed by atoms with E-state index in [9.17, 15) is 8.42 Å². The van der Waals surface area contributed by atoms with Crippen molar-refractivity contribution in [2.45, 2.75) is 5.75 Å². The van der Waals surface area contributed by atoms with E-state index in [0.29, 0.717) is 11.1 Å². The van der Waals surface area contributed by atoms with Gasteiger partial charge < -0.3 is 0 Å². The van der Waals surface area contributed by atoms with Crippen LogP contribution in [0.15, 0.2) is 18.2 Å². The maximum atomic E-state index is 10.8. The zero-order valence-electron chi connectivity index (χ0n) is 7.07. The van der Waals surface area contributed by atoms with Gasteiger partial charge in [-0.05, 0) is 17.7 Å². The summed E-state index contributed by atoms with van der Waals surface area (Å²) < 4.78 is 21.5. The van der Waals surface area contributed by atoms with Crippen LogP contribution in [-0.2, 0) is 15.8 Å². The summed E-state index contributed by atoms with van der Waals surface area (Å²) in [5, 5.41) is 13.6. The molecule has 6 heteroatoms. The third-order valence-corrected chi connectivity index (χ3v) is 2.60. The molecule has 1 rings (SSSR count). The average Bonchev–Trinajstić information content (AvgIpc) is 2.06. The topological polar surface area (TPSA) is 83.9 Å². The molecule has 14 heavy (non-hydrogen) atoms. The lowest BCUT2D eigenvalue weighted by Crippen LogP contribution is -2.14. The van der Waals surface area contributed by atoms with Gasteiger partial charge in [-0.1, -0.05) is 17.7 Å². The number of hydrogen-bond donors (Lipinski definition) is 1. The Morgan fingerprint density at radius 1 is 1.50 bits per heavy atom. The molecule has 1 aromatic rings. The monoisotopic (exact) mass is 230 g/mol. The van der Waals surface area contributed by atoms with Crippen molar-refractivity contribution >= 4 is 21.6 Å². The molecule has 0 radical (unpaired) electrons.